The van der Waals surface area contributed by atoms with E-state index in [1.54, 1.807) is 0 Å². The van der Waals surface area contributed by atoms with Gasteiger partial charge in [0.1, 0.15) is 17.3 Å². The number of unbranched alkanes of at least 4 members (excludes halogenated alkanes) is 3. The van der Waals surface area contributed by atoms with Crippen molar-refractivity contribution in [1.82, 2.24) is 0 Å². The van der Waals surface area contributed by atoms with Crippen LogP contribution in [-0.4, -0.2) is 65.8 Å². The molecule has 0 atom stereocenters. The molecule has 0 bridgehead atoms. The fraction of sp³-hybridized carbons (Fsp3) is 0.769. The molecule has 0 aromatic carbocycles. The zero-order chi connectivity index (χ0) is 31.3. The summed E-state index contributed by atoms with van der Waals surface area (Å²) in [6, 6.07) is 0. The Morgan fingerprint density at radius 3 is 1.08 bits per heavy atom. The molecule has 0 aliphatic heterocycles. The fourth-order valence-electron chi connectivity index (χ4n) is 1.95. The minimum absolute atomic E-state index is 0.375. The maximum absolute atomic E-state index is 9.83. The van der Waals surface area contributed by atoms with Gasteiger partial charge in [-0.05, 0) is 20.8 Å². The number of ether oxygens (including phenoxy) is 3. The topological polar surface area (TPSA) is 199 Å². The van der Waals surface area contributed by atoms with E-state index >= 15 is 0 Å². The Kier molecular flexibility index (Phi) is 34.5. The number of carboxylic acids is 3. The Morgan fingerprint density at radius 2 is 0.872 bits per heavy atom. The Morgan fingerprint density at radius 1 is 0.590 bits per heavy atom. The second-order valence-corrected chi connectivity index (χ2v) is 9.51. The van der Waals surface area contributed by atoms with Crippen LogP contribution in [0.2, 0.25) is 0 Å². The third-order valence-corrected chi connectivity index (χ3v) is 4.46. The van der Waals surface area contributed by atoms with Crippen molar-refractivity contribution in [3.8, 4) is 0 Å². The van der Waals surface area contributed by atoms with E-state index in [-0.39, 0.29) is 17.3 Å². The monoisotopic (exact) mass is 596 g/mol. The SMILES string of the molecule is CC(=O)CC(=O)[O-].CC(=O)CC(=O)[O-].CC(=O)CC(=O)[O-].CCCCOC[C]([Ti+3])(OCCCC)OCCCC. The number of carbonyl (C=O) groups excluding carboxylic acids is 6. The zero-order valence-corrected chi connectivity index (χ0v) is 25.7. The number of hydrogen-bond acceptors (Lipinski definition) is 12. The molecule has 13 heteroatoms. The predicted molar refractivity (Wildman–Crippen MR) is 131 cm³/mol. The molecule has 0 saturated heterocycles. The van der Waals surface area contributed by atoms with Gasteiger partial charge in [0, 0.05) is 37.2 Å². The number of rotatable bonds is 19. The minimum atomic E-state index is -1.31. The molecule has 0 unspecified atom stereocenters. The van der Waals surface area contributed by atoms with Crippen molar-refractivity contribution >= 4 is 35.3 Å². The standard InChI is InChI=1S/C14H29O3.3C4H6O3.Ti/c1-4-7-10-15-13-14(16-11-8-5-2)17-12-9-6-3;3*1-3(5)2-4(6)7;/h4-13H2,1-3H3;3*2H2,1H3,(H,6,7);/q;;;;+3/p-3. The summed E-state index contributed by atoms with van der Waals surface area (Å²) in [4.78, 5) is 57.9. The summed E-state index contributed by atoms with van der Waals surface area (Å²) in [5.41, 5.74) is 0. The number of ketones is 3. The van der Waals surface area contributed by atoms with Crippen LogP contribution in [0.1, 0.15) is 99.3 Å². The van der Waals surface area contributed by atoms with Crippen LogP contribution in [0.3, 0.4) is 0 Å². The molecule has 224 valence electrons. The van der Waals surface area contributed by atoms with Crippen LogP contribution in [0.25, 0.3) is 0 Å². The molecule has 0 spiro atoms. The zero-order valence-electron chi connectivity index (χ0n) is 24.1. The van der Waals surface area contributed by atoms with Crippen LogP contribution < -0.4 is 15.3 Å². The molecule has 0 saturated carbocycles. The molecular formula is C26H44O12Ti. The second kappa shape index (κ2) is 30.6. The van der Waals surface area contributed by atoms with Crippen molar-refractivity contribution in [3.05, 3.63) is 0 Å². The first kappa shape index (κ1) is 44.0. The average Bonchev–Trinajstić information content (AvgIpc) is 2.76. The van der Waals surface area contributed by atoms with Crippen LogP contribution in [0, 0.1) is 0 Å². The van der Waals surface area contributed by atoms with Gasteiger partial charge < -0.3 is 29.7 Å². The summed E-state index contributed by atoms with van der Waals surface area (Å²) in [6.07, 6.45) is 5.26. The summed E-state index contributed by atoms with van der Waals surface area (Å²) in [5, 5.41) is 28.4. The predicted octanol–water partition coefficient (Wildman–Crippen LogP) is -0.217. The van der Waals surface area contributed by atoms with E-state index < -0.39 is 41.3 Å². The molecule has 0 aliphatic carbocycles. The third kappa shape index (κ3) is 49.5. The van der Waals surface area contributed by atoms with Crippen molar-refractivity contribution < 1.29 is 78.7 Å². The van der Waals surface area contributed by atoms with Crippen molar-refractivity contribution in [1.29, 1.82) is 0 Å². The molecule has 0 radical (unpaired) electrons. The van der Waals surface area contributed by atoms with Gasteiger partial charge in [-0.2, -0.15) is 0 Å². The van der Waals surface area contributed by atoms with Crippen molar-refractivity contribution in [2.45, 2.75) is 103 Å². The molecule has 12 nitrogen and oxygen atoms in total. The quantitative estimate of drug-likeness (QED) is 0.0823. The van der Waals surface area contributed by atoms with E-state index in [1.165, 1.54) is 20.8 Å². The van der Waals surface area contributed by atoms with Crippen molar-refractivity contribution in [2.75, 3.05) is 26.4 Å². The molecule has 0 aromatic rings. The fourth-order valence-corrected chi connectivity index (χ4v) is 2.43. The van der Waals surface area contributed by atoms with Crippen LogP contribution in [0.15, 0.2) is 0 Å². The van der Waals surface area contributed by atoms with Gasteiger partial charge in [0.05, 0.1) is 0 Å². The number of carbonyl (C=O) groups is 6. The van der Waals surface area contributed by atoms with Gasteiger partial charge in [0.2, 0.25) is 0 Å². The van der Waals surface area contributed by atoms with Gasteiger partial charge in [-0.1, -0.05) is 0 Å². The van der Waals surface area contributed by atoms with E-state index in [2.05, 4.69) is 20.8 Å². The summed E-state index contributed by atoms with van der Waals surface area (Å²) in [7, 11) is 0. The van der Waals surface area contributed by atoms with Gasteiger partial charge in [0.25, 0.3) is 0 Å². The van der Waals surface area contributed by atoms with Crippen LogP contribution >= 0.6 is 0 Å². The summed E-state index contributed by atoms with van der Waals surface area (Å²) >= 11 is 1.99. The number of aliphatic carboxylic acids is 3. The Hall–Kier alpha value is -1.99. The van der Waals surface area contributed by atoms with Gasteiger partial charge in [-0.15, -0.1) is 0 Å². The first-order valence-corrected chi connectivity index (χ1v) is 13.5. The van der Waals surface area contributed by atoms with E-state index in [1.807, 2.05) is 20.4 Å². The first-order valence-electron chi connectivity index (χ1n) is 12.7. The van der Waals surface area contributed by atoms with E-state index in [0.29, 0.717) is 6.61 Å². The van der Waals surface area contributed by atoms with E-state index in [0.717, 1.165) is 58.3 Å². The number of hydrogen-bond donors (Lipinski definition) is 0. The Balaban J connectivity index is -0.000000240. The Labute approximate surface area is 243 Å². The molecule has 0 aliphatic rings. The van der Waals surface area contributed by atoms with Gasteiger partial charge in [-0.25, -0.2) is 0 Å². The van der Waals surface area contributed by atoms with Crippen LogP contribution in [0.4, 0.5) is 0 Å². The van der Waals surface area contributed by atoms with E-state index in [4.69, 9.17) is 14.2 Å². The van der Waals surface area contributed by atoms with Crippen LogP contribution in [-0.2, 0) is 63.4 Å². The van der Waals surface area contributed by atoms with Crippen molar-refractivity contribution in [2.24, 2.45) is 0 Å². The van der Waals surface area contributed by atoms with Gasteiger partial charge >= 0.3 is 124 Å². The van der Waals surface area contributed by atoms with Crippen molar-refractivity contribution in [3.63, 3.8) is 0 Å². The summed E-state index contributed by atoms with van der Waals surface area (Å²) in [6.45, 7) is 12.9. The van der Waals surface area contributed by atoms with Gasteiger partial charge in [0.15, 0.2) is 0 Å². The molecule has 0 heterocycles. The third-order valence-electron chi connectivity index (χ3n) is 3.78. The average molecular weight is 596 g/mol. The molecular weight excluding hydrogens is 552 g/mol. The number of carboxylic acid groups (broad SMARTS) is 3. The van der Waals surface area contributed by atoms with Gasteiger partial charge in [-0.3, -0.25) is 14.4 Å². The Bertz CT molecular complexity index is 587. The molecule has 0 rings (SSSR count). The summed E-state index contributed by atoms with van der Waals surface area (Å²) in [5.74, 6) is -5.06. The summed E-state index contributed by atoms with van der Waals surface area (Å²) < 4.78 is 16.8. The van der Waals surface area contributed by atoms with Crippen LogP contribution in [0.5, 0.6) is 0 Å². The molecule has 0 amide bonds. The second-order valence-electron chi connectivity index (χ2n) is 8.32. The normalized spacial score (nSPS) is 9.95. The molecule has 0 N–H and O–H groups in total. The molecule has 0 fully saturated rings. The number of Topliss-reactive ketones (excluding diaryl/α,β-unsaturated/α-hetero) is 3. The molecule has 39 heavy (non-hydrogen) atoms. The first-order chi connectivity index (χ1) is 18.1. The maximum atomic E-state index is 9.83. The van der Waals surface area contributed by atoms with E-state index in [9.17, 15) is 44.1 Å². The molecule has 0 aromatic heterocycles.